The average Bonchev–Trinajstić information content (AvgIpc) is 3.00. The van der Waals surface area contributed by atoms with Gasteiger partial charge in [-0.25, -0.2) is 0 Å². The number of epoxide rings is 1. The van der Waals surface area contributed by atoms with Crippen LogP contribution in [0.25, 0.3) is 0 Å². The smallest absolute Gasteiger partial charge is 0.122 e. The van der Waals surface area contributed by atoms with Crippen LogP contribution in [0, 0.1) is 5.92 Å². The van der Waals surface area contributed by atoms with Crippen molar-refractivity contribution in [2.45, 2.75) is 12.5 Å². The van der Waals surface area contributed by atoms with Gasteiger partial charge in [0.05, 0.1) is 19.3 Å². The molecule has 3 rings (SSSR count). The third-order valence-electron chi connectivity index (χ3n) is 2.79. The van der Waals surface area contributed by atoms with Gasteiger partial charge in [-0.05, 0) is 18.1 Å². The maximum Gasteiger partial charge on any atom is 0.122 e. The molecule has 1 aromatic carbocycles. The molecule has 1 unspecified atom stereocenters. The molecule has 0 amide bonds. The van der Waals surface area contributed by atoms with Crippen LogP contribution in [0.1, 0.15) is 5.56 Å². The van der Waals surface area contributed by atoms with Gasteiger partial charge in [0.1, 0.15) is 5.75 Å². The van der Waals surface area contributed by atoms with E-state index in [4.69, 9.17) is 9.47 Å². The highest BCUT2D eigenvalue weighted by Gasteiger charge is 2.35. The summed E-state index contributed by atoms with van der Waals surface area (Å²) < 4.78 is 10.9. The normalized spacial score (nSPS) is 30.5. The number of hydrogen-bond acceptors (Lipinski definition) is 2. The van der Waals surface area contributed by atoms with Crippen LogP contribution in [-0.4, -0.2) is 19.3 Å². The van der Waals surface area contributed by atoms with Crippen molar-refractivity contribution in [3.63, 3.8) is 0 Å². The molecule has 0 N–H and O–H groups in total. The van der Waals surface area contributed by atoms with Gasteiger partial charge < -0.3 is 9.47 Å². The Morgan fingerprint density at radius 1 is 1.15 bits per heavy atom. The van der Waals surface area contributed by atoms with Crippen LogP contribution in [0.3, 0.4) is 0 Å². The summed E-state index contributed by atoms with van der Waals surface area (Å²) in [7, 11) is 0. The van der Waals surface area contributed by atoms with Gasteiger partial charge in [0, 0.05) is 5.92 Å². The second-order valence-electron chi connectivity index (χ2n) is 3.75. The number of ether oxygens (including phenoxy) is 2. The summed E-state index contributed by atoms with van der Waals surface area (Å²) in [4.78, 5) is 0. The monoisotopic (exact) mass is 176 g/mol. The van der Waals surface area contributed by atoms with E-state index in [9.17, 15) is 0 Å². The Bertz CT molecular complexity index is 318. The highest BCUT2D eigenvalue weighted by molar-refractivity contribution is 5.35. The summed E-state index contributed by atoms with van der Waals surface area (Å²) in [6.07, 6.45) is 1.58. The highest BCUT2D eigenvalue weighted by Crippen LogP contribution is 2.32. The highest BCUT2D eigenvalue weighted by atomic mass is 16.6. The predicted octanol–water partition coefficient (Wildman–Crippen LogP) is 1.64. The summed E-state index contributed by atoms with van der Waals surface area (Å²) in [6.45, 7) is 1.75. The van der Waals surface area contributed by atoms with Gasteiger partial charge in [0.25, 0.3) is 0 Å². The van der Waals surface area contributed by atoms with Crippen molar-refractivity contribution in [2.75, 3.05) is 13.2 Å². The Morgan fingerprint density at radius 2 is 2.00 bits per heavy atom. The molecule has 2 nitrogen and oxygen atoms in total. The zero-order valence-corrected chi connectivity index (χ0v) is 7.40. The molecule has 13 heavy (non-hydrogen) atoms. The van der Waals surface area contributed by atoms with E-state index in [0.29, 0.717) is 12.0 Å². The molecule has 0 bridgehead atoms. The summed E-state index contributed by atoms with van der Waals surface area (Å²) >= 11 is 0. The van der Waals surface area contributed by atoms with Crippen molar-refractivity contribution in [3.05, 3.63) is 29.8 Å². The van der Waals surface area contributed by atoms with Crippen molar-refractivity contribution in [1.82, 2.24) is 0 Å². The first kappa shape index (κ1) is 7.39. The molecule has 0 aromatic heterocycles. The van der Waals surface area contributed by atoms with Gasteiger partial charge in [0.15, 0.2) is 0 Å². The lowest BCUT2D eigenvalue weighted by molar-refractivity contribution is 0.188. The molecule has 0 saturated carbocycles. The van der Waals surface area contributed by atoms with Crippen LogP contribution in [0.2, 0.25) is 0 Å². The molecular weight excluding hydrogens is 164 g/mol. The average molecular weight is 176 g/mol. The molecule has 1 aromatic rings. The van der Waals surface area contributed by atoms with Gasteiger partial charge in [-0.15, -0.1) is 0 Å². The maximum atomic E-state index is 5.66. The lowest BCUT2D eigenvalue weighted by atomic mass is 9.94. The number of benzene rings is 1. The molecule has 2 aliphatic rings. The van der Waals surface area contributed by atoms with Crippen LogP contribution < -0.4 is 4.74 Å². The molecule has 1 fully saturated rings. The van der Waals surface area contributed by atoms with Crippen LogP contribution in [0.5, 0.6) is 5.75 Å². The van der Waals surface area contributed by atoms with Gasteiger partial charge >= 0.3 is 0 Å². The van der Waals surface area contributed by atoms with Crippen molar-refractivity contribution >= 4 is 0 Å². The SMILES string of the molecule is c1ccc2c(c1)CC([C@@H]1CO1)CO2. The van der Waals surface area contributed by atoms with E-state index in [2.05, 4.69) is 12.1 Å². The Labute approximate surface area is 77.5 Å². The third-order valence-corrected chi connectivity index (χ3v) is 2.79. The molecular formula is C11H12O2. The number of rotatable bonds is 1. The first-order valence-electron chi connectivity index (χ1n) is 4.76. The Morgan fingerprint density at radius 3 is 2.85 bits per heavy atom. The Hall–Kier alpha value is -1.02. The Kier molecular flexibility index (Phi) is 1.56. The zero-order chi connectivity index (χ0) is 8.67. The summed E-state index contributed by atoms with van der Waals surface area (Å²) in [5.41, 5.74) is 1.33. The van der Waals surface area contributed by atoms with Crippen LogP contribution >= 0.6 is 0 Å². The summed E-state index contributed by atoms with van der Waals surface area (Å²) in [5, 5.41) is 0. The molecule has 2 heterocycles. The van der Waals surface area contributed by atoms with Crippen LogP contribution in [0.4, 0.5) is 0 Å². The van der Waals surface area contributed by atoms with Gasteiger partial charge in [-0.3, -0.25) is 0 Å². The van der Waals surface area contributed by atoms with Crippen molar-refractivity contribution in [2.24, 2.45) is 5.92 Å². The van der Waals surface area contributed by atoms with Crippen molar-refractivity contribution in [1.29, 1.82) is 0 Å². The second kappa shape index (κ2) is 2.74. The van der Waals surface area contributed by atoms with Crippen LogP contribution in [-0.2, 0) is 11.2 Å². The minimum atomic E-state index is 0.466. The third kappa shape index (κ3) is 1.31. The van der Waals surface area contributed by atoms with Gasteiger partial charge in [0.2, 0.25) is 0 Å². The minimum absolute atomic E-state index is 0.466. The molecule has 0 radical (unpaired) electrons. The molecule has 0 spiro atoms. The van der Waals surface area contributed by atoms with Crippen molar-refractivity contribution < 1.29 is 9.47 Å². The molecule has 0 aliphatic carbocycles. The van der Waals surface area contributed by atoms with Crippen LogP contribution in [0.15, 0.2) is 24.3 Å². The first-order chi connectivity index (χ1) is 6.43. The lowest BCUT2D eigenvalue weighted by Gasteiger charge is -2.23. The largest absolute Gasteiger partial charge is 0.493 e. The van der Waals surface area contributed by atoms with E-state index in [0.717, 1.165) is 25.4 Å². The maximum absolute atomic E-state index is 5.66. The van der Waals surface area contributed by atoms with E-state index in [1.54, 1.807) is 0 Å². The van der Waals surface area contributed by atoms with E-state index >= 15 is 0 Å². The standard InChI is InChI=1S/C11H12O2/c1-2-4-10-8(3-1)5-9(6-12-10)11-7-13-11/h1-4,9,11H,5-7H2/t9?,11-/m0/s1. The fourth-order valence-electron chi connectivity index (χ4n) is 1.92. The van der Waals surface area contributed by atoms with E-state index in [-0.39, 0.29) is 0 Å². The molecule has 68 valence electrons. The van der Waals surface area contributed by atoms with E-state index in [1.165, 1.54) is 5.56 Å². The Balaban J connectivity index is 1.85. The summed E-state index contributed by atoms with van der Waals surface area (Å²) in [6, 6.07) is 8.27. The molecule has 2 atom stereocenters. The molecule has 2 heteroatoms. The number of para-hydroxylation sites is 1. The minimum Gasteiger partial charge on any atom is -0.493 e. The second-order valence-corrected chi connectivity index (χ2v) is 3.75. The number of fused-ring (bicyclic) bond motifs is 1. The topological polar surface area (TPSA) is 21.8 Å². The van der Waals surface area contributed by atoms with Gasteiger partial charge in [-0.2, -0.15) is 0 Å². The fraction of sp³-hybridized carbons (Fsp3) is 0.455. The quantitative estimate of drug-likeness (QED) is 0.607. The van der Waals surface area contributed by atoms with Gasteiger partial charge in [-0.1, -0.05) is 18.2 Å². The zero-order valence-electron chi connectivity index (χ0n) is 7.40. The summed E-state index contributed by atoms with van der Waals surface area (Å²) in [5.74, 6) is 1.63. The number of hydrogen-bond donors (Lipinski definition) is 0. The van der Waals surface area contributed by atoms with E-state index < -0.39 is 0 Å². The predicted molar refractivity (Wildman–Crippen MR) is 48.9 cm³/mol. The molecule has 2 aliphatic heterocycles. The lowest BCUT2D eigenvalue weighted by Crippen LogP contribution is -2.25. The van der Waals surface area contributed by atoms with Crippen molar-refractivity contribution in [3.8, 4) is 5.75 Å². The first-order valence-corrected chi connectivity index (χ1v) is 4.76. The molecule has 1 saturated heterocycles. The van der Waals surface area contributed by atoms with E-state index in [1.807, 2.05) is 12.1 Å². The fourth-order valence-corrected chi connectivity index (χ4v) is 1.92.